The van der Waals surface area contributed by atoms with Crippen LogP contribution in [0.3, 0.4) is 0 Å². The van der Waals surface area contributed by atoms with Crippen LogP contribution in [0.25, 0.3) is 0 Å². The number of rotatable bonds is 8. The number of nitrogens with two attached hydrogens (primary N) is 1. The number of phenolic OH excluding ortho intramolecular Hbond substituents is 2. The van der Waals surface area contributed by atoms with Crippen molar-refractivity contribution in [1.29, 1.82) is 0 Å². The molecule has 0 radical (unpaired) electrons. The van der Waals surface area contributed by atoms with Crippen molar-refractivity contribution in [2.75, 3.05) is 20.3 Å². The summed E-state index contributed by atoms with van der Waals surface area (Å²) in [6, 6.07) is 3.30. The van der Waals surface area contributed by atoms with Crippen molar-refractivity contribution in [2.24, 2.45) is 5.73 Å². The van der Waals surface area contributed by atoms with Gasteiger partial charge in [-0.05, 0) is 32.9 Å². The van der Waals surface area contributed by atoms with Gasteiger partial charge in [0, 0.05) is 54.6 Å². The second-order valence-electron chi connectivity index (χ2n) is 11.4. The SMILES string of the molecule is COc1cccc2c1C(=O)c1c(O)c3c(c(O)c1C2=O)C[C@@](O)(C(C)NCCCO)C[C@@H]3OC1CC(N)C(O)C(C)O1.Cl. The first kappa shape index (κ1) is 33.1. The molecule has 7 atom stereocenters. The van der Waals surface area contributed by atoms with E-state index in [9.17, 15) is 35.1 Å². The number of ether oxygens (including phenoxy) is 3. The normalized spacial score (nSPS) is 28.8. The molecule has 0 bridgehead atoms. The average molecular weight is 623 g/mol. The lowest BCUT2D eigenvalue weighted by atomic mass is 9.71. The van der Waals surface area contributed by atoms with Crippen LogP contribution in [-0.4, -0.2) is 93.5 Å². The van der Waals surface area contributed by atoms with E-state index in [4.69, 9.17) is 19.9 Å². The number of fused-ring (bicyclic) bond motifs is 3. The molecule has 1 saturated heterocycles. The summed E-state index contributed by atoms with van der Waals surface area (Å²) in [5.74, 6) is -2.27. The van der Waals surface area contributed by atoms with E-state index in [1.807, 2.05) is 0 Å². The van der Waals surface area contributed by atoms with Gasteiger partial charge in [-0.1, -0.05) is 12.1 Å². The maximum atomic E-state index is 13.8. The molecule has 0 aromatic heterocycles. The van der Waals surface area contributed by atoms with Crippen LogP contribution in [0.4, 0.5) is 0 Å². The molecule has 13 heteroatoms. The fraction of sp³-hybridized carbons (Fsp3) is 0.533. The predicted molar refractivity (Wildman–Crippen MR) is 156 cm³/mol. The number of hydrogen-bond acceptors (Lipinski definition) is 12. The van der Waals surface area contributed by atoms with E-state index in [0.717, 1.165) is 0 Å². The molecule has 2 aliphatic carbocycles. The Hall–Kier alpha value is -2.81. The number of benzene rings is 2. The molecule has 2 aromatic rings. The summed E-state index contributed by atoms with van der Waals surface area (Å²) in [5, 5.41) is 57.8. The van der Waals surface area contributed by atoms with Crippen LogP contribution >= 0.6 is 12.4 Å². The van der Waals surface area contributed by atoms with Gasteiger partial charge in [-0.15, -0.1) is 12.4 Å². The van der Waals surface area contributed by atoms with Crippen LogP contribution in [0, 0.1) is 0 Å². The van der Waals surface area contributed by atoms with Crippen molar-refractivity contribution in [3.8, 4) is 17.2 Å². The summed E-state index contributed by atoms with van der Waals surface area (Å²) >= 11 is 0. The van der Waals surface area contributed by atoms with Gasteiger partial charge in [-0.2, -0.15) is 0 Å². The molecule has 1 heterocycles. The number of methoxy groups -OCH3 is 1. The lowest BCUT2D eigenvalue weighted by Crippen LogP contribution is -2.55. The summed E-state index contributed by atoms with van der Waals surface area (Å²) in [6.07, 6.45) is -3.30. The highest BCUT2D eigenvalue weighted by molar-refractivity contribution is 6.31. The Morgan fingerprint density at radius 3 is 2.51 bits per heavy atom. The van der Waals surface area contributed by atoms with E-state index >= 15 is 0 Å². The average Bonchev–Trinajstić information content (AvgIpc) is 2.95. The lowest BCUT2D eigenvalue weighted by molar-refractivity contribution is -0.248. The summed E-state index contributed by atoms with van der Waals surface area (Å²) in [6.45, 7) is 3.76. The molecule has 2 aromatic carbocycles. The Balaban J connectivity index is 0.00000423. The van der Waals surface area contributed by atoms with E-state index in [-0.39, 0.29) is 77.4 Å². The highest BCUT2D eigenvalue weighted by atomic mass is 35.5. The zero-order valence-electron chi connectivity index (χ0n) is 24.2. The molecular formula is C30H39ClN2O10. The Labute approximate surface area is 255 Å². The molecule has 5 unspecified atom stereocenters. The Kier molecular flexibility index (Phi) is 9.74. The number of aliphatic hydroxyl groups is 3. The predicted octanol–water partition coefficient (Wildman–Crippen LogP) is 1.22. The number of ketones is 2. The van der Waals surface area contributed by atoms with E-state index < -0.39 is 65.4 Å². The minimum absolute atomic E-state index is 0. The van der Waals surface area contributed by atoms with Gasteiger partial charge in [0.2, 0.25) is 5.78 Å². The smallest absolute Gasteiger partial charge is 0.202 e. The summed E-state index contributed by atoms with van der Waals surface area (Å²) in [5.41, 5.74) is 3.97. The molecule has 3 aliphatic rings. The fourth-order valence-corrected chi connectivity index (χ4v) is 6.34. The van der Waals surface area contributed by atoms with Crippen LogP contribution in [0.2, 0.25) is 0 Å². The summed E-state index contributed by atoms with van der Waals surface area (Å²) < 4.78 is 17.4. The minimum atomic E-state index is -1.55. The van der Waals surface area contributed by atoms with Gasteiger partial charge in [0.15, 0.2) is 12.1 Å². The van der Waals surface area contributed by atoms with Crippen molar-refractivity contribution in [3.05, 3.63) is 51.6 Å². The number of halogens is 1. The van der Waals surface area contributed by atoms with Gasteiger partial charge < -0.3 is 50.8 Å². The van der Waals surface area contributed by atoms with Crippen LogP contribution < -0.4 is 15.8 Å². The molecule has 43 heavy (non-hydrogen) atoms. The molecule has 0 spiro atoms. The third kappa shape index (κ3) is 5.62. The highest BCUT2D eigenvalue weighted by Gasteiger charge is 2.49. The fourth-order valence-electron chi connectivity index (χ4n) is 6.34. The van der Waals surface area contributed by atoms with Crippen molar-refractivity contribution in [1.82, 2.24) is 5.32 Å². The number of aromatic hydroxyl groups is 2. The third-order valence-electron chi connectivity index (χ3n) is 8.76. The lowest BCUT2D eigenvalue weighted by Gasteiger charge is -2.45. The van der Waals surface area contributed by atoms with Gasteiger partial charge in [0.1, 0.15) is 17.2 Å². The first-order valence-electron chi connectivity index (χ1n) is 14.1. The van der Waals surface area contributed by atoms with Crippen LogP contribution in [-0.2, 0) is 15.9 Å². The Bertz CT molecular complexity index is 1390. The molecule has 12 nitrogen and oxygen atoms in total. The zero-order chi connectivity index (χ0) is 30.5. The quantitative estimate of drug-likeness (QED) is 0.140. The van der Waals surface area contributed by atoms with Crippen LogP contribution in [0.15, 0.2) is 18.2 Å². The molecule has 1 aliphatic heterocycles. The van der Waals surface area contributed by atoms with E-state index in [1.54, 1.807) is 19.9 Å². The second kappa shape index (κ2) is 12.7. The molecule has 1 fully saturated rings. The Morgan fingerprint density at radius 2 is 1.86 bits per heavy atom. The van der Waals surface area contributed by atoms with Crippen molar-refractivity contribution < 1.29 is 49.3 Å². The molecular weight excluding hydrogens is 584 g/mol. The second-order valence-corrected chi connectivity index (χ2v) is 11.4. The van der Waals surface area contributed by atoms with Gasteiger partial charge in [0.25, 0.3) is 0 Å². The molecule has 0 saturated carbocycles. The van der Waals surface area contributed by atoms with Crippen molar-refractivity contribution in [3.63, 3.8) is 0 Å². The Morgan fingerprint density at radius 1 is 1.16 bits per heavy atom. The largest absolute Gasteiger partial charge is 0.507 e. The number of aliphatic hydroxyl groups excluding tert-OH is 2. The van der Waals surface area contributed by atoms with Crippen molar-refractivity contribution in [2.45, 2.75) is 81.8 Å². The molecule has 5 rings (SSSR count). The highest BCUT2D eigenvalue weighted by Crippen LogP contribution is 2.53. The van der Waals surface area contributed by atoms with Gasteiger partial charge in [-0.3, -0.25) is 9.59 Å². The van der Waals surface area contributed by atoms with E-state index in [0.29, 0.717) is 13.0 Å². The number of carbonyl (C=O) groups excluding carboxylic acids is 2. The number of phenols is 2. The van der Waals surface area contributed by atoms with E-state index in [1.165, 1.54) is 19.2 Å². The van der Waals surface area contributed by atoms with E-state index in [2.05, 4.69) is 5.32 Å². The third-order valence-corrected chi connectivity index (χ3v) is 8.76. The van der Waals surface area contributed by atoms with Gasteiger partial charge in [-0.25, -0.2) is 0 Å². The molecule has 236 valence electrons. The first-order chi connectivity index (χ1) is 19.9. The van der Waals surface area contributed by atoms with Crippen molar-refractivity contribution >= 4 is 24.0 Å². The monoisotopic (exact) mass is 622 g/mol. The van der Waals surface area contributed by atoms with Gasteiger partial charge in [0.05, 0.1) is 47.7 Å². The van der Waals surface area contributed by atoms with Gasteiger partial charge >= 0.3 is 0 Å². The number of nitrogens with one attached hydrogen (secondary N) is 1. The molecule has 0 amide bonds. The number of hydrogen-bond donors (Lipinski definition) is 7. The topological polar surface area (TPSA) is 201 Å². The minimum Gasteiger partial charge on any atom is -0.507 e. The maximum Gasteiger partial charge on any atom is 0.202 e. The zero-order valence-corrected chi connectivity index (χ0v) is 25.0. The van der Waals surface area contributed by atoms with Crippen LogP contribution in [0.1, 0.15) is 82.2 Å². The molecule has 8 N–H and O–H groups in total. The van der Waals surface area contributed by atoms with Crippen LogP contribution in [0.5, 0.6) is 17.2 Å². The summed E-state index contributed by atoms with van der Waals surface area (Å²) in [4.78, 5) is 27.5. The first-order valence-corrected chi connectivity index (χ1v) is 14.1. The number of carbonyl (C=O) groups is 2. The maximum absolute atomic E-state index is 13.8. The summed E-state index contributed by atoms with van der Waals surface area (Å²) in [7, 11) is 1.36. The standard InChI is InChI=1S/C30H38N2O10.ClH/c1-13-25(34)17(31)10-20(41-13)42-19-12-30(39,14(2)32-8-5-9-33)11-16-22(19)29(38)24-23(27(16)36)26(35)15-6-4-7-18(40-3)21(15)28(24)37;/h4,6-7,13-14,17,19-20,25,32-34,36,38-39H,5,8-12,31H2,1-3H3;1H/t13?,14?,17?,19-,20?,25?,30-;/m0./s1.